The second-order valence-corrected chi connectivity index (χ2v) is 4.10. The lowest BCUT2D eigenvalue weighted by Crippen LogP contribution is -2.23. The molecule has 2 nitrogen and oxygen atoms in total. The number of aromatic nitrogens is 1. The first kappa shape index (κ1) is 10.3. The van der Waals surface area contributed by atoms with Gasteiger partial charge < -0.3 is 9.47 Å². The predicted octanol–water partition coefficient (Wildman–Crippen LogP) is 2.23. The third-order valence-electron chi connectivity index (χ3n) is 2.40. The lowest BCUT2D eigenvalue weighted by Gasteiger charge is -2.21. The van der Waals surface area contributed by atoms with Crippen LogP contribution in [-0.2, 0) is 0 Å². The Morgan fingerprint density at radius 1 is 1.23 bits per heavy atom. The van der Waals surface area contributed by atoms with Crippen molar-refractivity contribution in [3.05, 3.63) is 23.5 Å². The molecule has 1 heterocycles. The van der Waals surface area contributed by atoms with Gasteiger partial charge in [0.15, 0.2) is 0 Å². The topological polar surface area (TPSA) is 8.17 Å². The van der Waals surface area contributed by atoms with Crippen molar-refractivity contribution < 1.29 is 0 Å². The highest BCUT2D eigenvalue weighted by Gasteiger charge is 2.09. The molecule has 0 N–H and O–H groups in total. The fraction of sp³-hybridized carbons (Fsp3) is 0.636. The molecule has 0 radical (unpaired) electrons. The van der Waals surface area contributed by atoms with Gasteiger partial charge in [-0.15, -0.1) is 0 Å². The molecule has 0 fully saturated rings. The zero-order valence-electron chi connectivity index (χ0n) is 9.33. The van der Waals surface area contributed by atoms with Crippen molar-refractivity contribution in [2.24, 2.45) is 0 Å². The molecule has 0 saturated carbocycles. The number of aryl methyl sites for hydroxylation is 2. The standard InChI is InChI=1S/C11H20N2/c1-9-6-7-10(2)13(9)11(3)8-12(4)5/h6-7,11H,8H2,1-5H3. The molecule has 0 aliphatic carbocycles. The summed E-state index contributed by atoms with van der Waals surface area (Å²) in [6.45, 7) is 7.69. The minimum atomic E-state index is 0.560. The molecular weight excluding hydrogens is 160 g/mol. The smallest absolute Gasteiger partial charge is 0.0434 e. The summed E-state index contributed by atoms with van der Waals surface area (Å²) >= 11 is 0. The maximum atomic E-state index is 2.39. The monoisotopic (exact) mass is 180 g/mol. The van der Waals surface area contributed by atoms with Crippen molar-refractivity contribution in [2.45, 2.75) is 26.8 Å². The van der Waals surface area contributed by atoms with Gasteiger partial charge in [0.1, 0.15) is 0 Å². The highest BCUT2D eigenvalue weighted by atomic mass is 15.1. The van der Waals surface area contributed by atoms with Crippen LogP contribution < -0.4 is 0 Å². The fourth-order valence-corrected chi connectivity index (χ4v) is 1.99. The summed E-state index contributed by atoms with van der Waals surface area (Å²) in [6, 6.07) is 4.92. The first-order valence-corrected chi connectivity index (χ1v) is 4.81. The summed E-state index contributed by atoms with van der Waals surface area (Å²) in [5, 5.41) is 0. The average Bonchev–Trinajstić information content (AvgIpc) is 2.29. The summed E-state index contributed by atoms with van der Waals surface area (Å²) in [5.41, 5.74) is 2.71. The van der Waals surface area contributed by atoms with Gasteiger partial charge in [-0.05, 0) is 47.0 Å². The molecule has 0 spiro atoms. The molecule has 0 aliphatic heterocycles. The van der Waals surface area contributed by atoms with Gasteiger partial charge in [0, 0.05) is 24.0 Å². The zero-order chi connectivity index (χ0) is 10.0. The Morgan fingerprint density at radius 2 is 1.69 bits per heavy atom. The van der Waals surface area contributed by atoms with Crippen molar-refractivity contribution in [1.29, 1.82) is 0 Å². The first-order valence-electron chi connectivity index (χ1n) is 4.81. The summed E-state index contributed by atoms with van der Waals surface area (Å²) in [5.74, 6) is 0. The normalized spacial score (nSPS) is 13.7. The molecule has 0 aliphatic rings. The summed E-state index contributed by atoms with van der Waals surface area (Å²) in [4.78, 5) is 2.23. The van der Waals surface area contributed by atoms with E-state index in [1.807, 2.05) is 0 Å². The molecule has 1 aromatic heterocycles. The Labute approximate surface area is 81.2 Å². The lowest BCUT2D eigenvalue weighted by atomic mass is 10.3. The number of nitrogens with zero attached hydrogens (tertiary/aromatic N) is 2. The molecule has 1 aromatic rings. The first-order chi connectivity index (χ1) is 6.02. The lowest BCUT2D eigenvalue weighted by molar-refractivity contribution is 0.332. The molecule has 0 aromatic carbocycles. The minimum absolute atomic E-state index is 0.560. The molecule has 1 atom stereocenters. The number of hydrogen-bond donors (Lipinski definition) is 0. The molecule has 13 heavy (non-hydrogen) atoms. The van der Waals surface area contributed by atoms with E-state index in [9.17, 15) is 0 Å². The summed E-state index contributed by atoms with van der Waals surface area (Å²) in [6.07, 6.45) is 0. The molecule has 1 rings (SSSR count). The Kier molecular flexibility index (Phi) is 3.15. The van der Waals surface area contributed by atoms with E-state index in [1.54, 1.807) is 0 Å². The van der Waals surface area contributed by atoms with E-state index in [2.05, 4.69) is 56.5 Å². The van der Waals surface area contributed by atoms with Crippen molar-refractivity contribution in [3.63, 3.8) is 0 Å². The molecule has 0 bridgehead atoms. The Bertz CT molecular complexity index is 254. The van der Waals surface area contributed by atoms with Crippen LogP contribution >= 0.6 is 0 Å². The second-order valence-electron chi connectivity index (χ2n) is 4.10. The predicted molar refractivity (Wildman–Crippen MR) is 57.2 cm³/mol. The highest BCUT2D eigenvalue weighted by molar-refractivity contribution is 5.14. The number of rotatable bonds is 3. The van der Waals surface area contributed by atoms with Crippen molar-refractivity contribution in [2.75, 3.05) is 20.6 Å². The van der Waals surface area contributed by atoms with Crippen LogP contribution in [0.3, 0.4) is 0 Å². The van der Waals surface area contributed by atoms with Crippen LogP contribution in [0.4, 0.5) is 0 Å². The average molecular weight is 180 g/mol. The second kappa shape index (κ2) is 3.97. The van der Waals surface area contributed by atoms with Crippen molar-refractivity contribution in [1.82, 2.24) is 9.47 Å². The van der Waals surface area contributed by atoms with Gasteiger partial charge in [-0.25, -0.2) is 0 Å². The van der Waals surface area contributed by atoms with E-state index in [1.165, 1.54) is 11.4 Å². The van der Waals surface area contributed by atoms with E-state index in [4.69, 9.17) is 0 Å². The minimum Gasteiger partial charge on any atom is -0.345 e. The maximum absolute atomic E-state index is 2.39. The summed E-state index contributed by atoms with van der Waals surface area (Å²) < 4.78 is 2.39. The Morgan fingerprint density at radius 3 is 2.08 bits per heavy atom. The van der Waals surface area contributed by atoms with Crippen LogP contribution in [-0.4, -0.2) is 30.1 Å². The Hall–Kier alpha value is -0.760. The van der Waals surface area contributed by atoms with E-state index in [-0.39, 0.29) is 0 Å². The number of likely N-dealkylation sites (N-methyl/N-ethyl adjacent to an activating group) is 1. The van der Waals surface area contributed by atoms with Crippen molar-refractivity contribution >= 4 is 0 Å². The molecule has 1 unspecified atom stereocenters. The van der Waals surface area contributed by atoms with Crippen LogP contribution in [0.2, 0.25) is 0 Å². The Balaban J connectivity index is 2.81. The fourth-order valence-electron chi connectivity index (χ4n) is 1.99. The highest BCUT2D eigenvalue weighted by Crippen LogP contribution is 2.15. The number of hydrogen-bond acceptors (Lipinski definition) is 1. The maximum Gasteiger partial charge on any atom is 0.0434 e. The molecule has 2 heteroatoms. The summed E-state index contributed by atoms with van der Waals surface area (Å²) in [7, 11) is 4.23. The van der Waals surface area contributed by atoms with E-state index >= 15 is 0 Å². The van der Waals surface area contributed by atoms with Crippen LogP contribution in [0.15, 0.2) is 12.1 Å². The molecule has 0 amide bonds. The van der Waals surface area contributed by atoms with Crippen molar-refractivity contribution in [3.8, 4) is 0 Å². The molecule has 74 valence electrons. The molecular formula is C11H20N2. The largest absolute Gasteiger partial charge is 0.345 e. The zero-order valence-corrected chi connectivity index (χ0v) is 9.33. The van der Waals surface area contributed by atoms with E-state index in [0.29, 0.717) is 6.04 Å². The SMILES string of the molecule is Cc1ccc(C)n1C(C)CN(C)C. The van der Waals surface area contributed by atoms with Gasteiger partial charge in [-0.1, -0.05) is 0 Å². The van der Waals surface area contributed by atoms with Crippen LogP contribution in [0.25, 0.3) is 0 Å². The van der Waals surface area contributed by atoms with Gasteiger partial charge in [0.2, 0.25) is 0 Å². The van der Waals surface area contributed by atoms with Gasteiger partial charge >= 0.3 is 0 Å². The van der Waals surface area contributed by atoms with Gasteiger partial charge in [-0.3, -0.25) is 0 Å². The van der Waals surface area contributed by atoms with E-state index in [0.717, 1.165) is 6.54 Å². The van der Waals surface area contributed by atoms with Gasteiger partial charge in [0.25, 0.3) is 0 Å². The van der Waals surface area contributed by atoms with Crippen LogP contribution in [0.5, 0.6) is 0 Å². The van der Waals surface area contributed by atoms with E-state index < -0.39 is 0 Å². The third kappa shape index (κ3) is 2.34. The quantitative estimate of drug-likeness (QED) is 0.692. The van der Waals surface area contributed by atoms with Crippen LogP contribution in [0, 0.1) is 13.8 Å². The van der Waals surface area contributed by atoms with Gasteiger partial charge in [-0.2, -0.15) is 0 Å². The molecule has 0 saturated heterocycles. The van der Waals surface area contributed by atoms with Crippen LogP contribution in [0.1, 0.15) is 24.4 Å². The third-order valence-corrected chi connectivity index (χ3v) is 2.40. The van der Waals surface area contributed by atoms with Gasteiger partial charge in [0.05, 0.1) is 0 Å².